The Bertz CT molecular complexity index is 1190. The summed E-state index contributed by atoms with van der Waals surface area (Å²) in [7, 11) is 0. The van der Waals surface area contributed by atoms with Crippen molar-refractivity contribution in [3.05, 3.63) is 59.4 Å². The van der Waals surface area contributed by atoms with Gasteiger partial charge < -0.3 is 4.90 Å². The summed E-state index contributed by atoms with van der Waals surface area (Å²) in [4.78, 5) is 31.1. The van der Waals surface area contributed by atoms with Gasteiger partial charge in [0.2, 0.25) is 0 Å². The van der Waals surface area contributed by atoms with E-state index >= 15 is 0 Å². The summed E-state index contributed by atoms with van der Waals surface area (Å²) in [5.41, 5.74) is 2.59. The van der Waals surface area contributed by atoms with E-state index in [2.05, 4.69) is 28.7 Å². The predicted octanol–water partition coefficient (Wildman–Crippen LogP) is 5.30. The Morgan fingerprint density at radius 2 is 1.74 bits per heavy atom. The third kappa shape index (κ3) is 5.13. The Balaban J connectivity index is 0.00000272. The summed E-state index contributed by atoms with van der Waals surface area (Å²) in [6, 6.07) is 13.1. The van der Waals surface area contributed by atoms with E-state index in [0.717, 1.165) is 35.4 Å². The summed E-state index contributed by atoms with van der Waals surface area (Å²) < 4.78 is 0.947. The molecule has 0 aliphatic heterocycles. The molecule has 0 bridgehead atoms. The van der Waals surface area contributed by atoms with E-state index in [9.17, 15) is 4.79 Å². The SMILES string of the molecule is CCN(CC)CCN(C(=O)c1cnc2ccccc2n1)c1nc2ccc(Cl)cc2s1.Cl. The van der Waals surface area contributed by atoms with Crippen molar-refractivity contribution < 1.29 is 4.79 Å². The first-order chi connectivity index (χ1) is 14.6. The van der Waals surface area contributed by atoms with Gasteiger partial charge in [0.05, 0.1) is 27.4 Å². The van der Waals surface area contributed by atoms with Crippen LogP contribution in [0, 0.1) is 0 Å². The lowest BCUT2D eigenvalue weighted by Gasteiger charge is -2.24. The van der Waals surface area contributed by atoms with E-state index in [-0.39, 0.29) is 18.3 Å². The quantitative estimate of drug-likeness (QED) is 0.362. The molecule has 0 aliphatic rings. The molecule has 0 N–H and O–H groups in total. The molecule has 162 valence electrons. The van der Waals surface area contributed by atoms with Gasteiger partial charge >= 0.3 is 0 Å². The second-order valence-corrected chi connectivity index (χ2v) is 8.28. The molecule has 0 aliphatic carbocycles. The fourth-order valence-electron chi connectivity index (χ4n) is 3.27. The number of carbonyl (C=O) groups excluding carboxylic acids is 1. The van der Waals surface area contributed by atoms with Crippen molar-refractivity contribution in [2.75, 3.05) is 31.1 Å². The van der Waals surface area contributed by atoms with Gasteiger partial charge in [-0.2, -0.15) is 0 Å². The molecule has 0 saturated carbocycles. The van der Waals surface area contributed by atoms with E-state index in [0.29, 0.717) is 27.9 Å². The molecule has 4 aromatic rings. The smallest absolute Gasteiger partial charge is 0.280 e. The maximum Gasteiger partial charge on any atom is 0.280 e. The lowest BCUT2D eigenvalue weighted by atomic mass is 10.3. The Hall–Kier alpha value is -2.32. The van der Waals surface area contributed by atoms with Crippen molar-refractivity contribution in [3.63, 3.8) is 0 Å². The van der Waals surface area contributed by atoms with Crippen LogP contribution in [0.25, 0.3) is 21.3 Å². The minimum atomic E-state index is -0.203. The maximum atomic E-state index is 13.5. The van der Waals surface area contributed by atoms with Crippen molar-refractivity contribution >= 4 is 67.6 Å². The molecule has 9 heteroatoms. The average Bonchev–Trinajstić information content (AvgIpc) is 3.18. The van der Waals surface area contributed by atoms with E-state index < -0.39 is 0 Å². The molecule has 2 aromatic carbocycles. The number of para-hydroxylation sites is 2. The monoisotopic (exact) mass is 475 g/mol. The lowest BCUT2D eigenvalue weighted by molar-refractivity contribution is 0.0979. The number of likely N-dealkylation sites (N-methyl/N-ethyl adjacent to an activating group) is 1. The summed E-state index contributed by atoms with van der Waals surface area (Å²) in [5.74, 6) is -0.203. The van der Waals surface area contributed by atoms with Crippen LogP contribution >= 0.6 is 35.3 Å². The highest BCUT2D eigenvalue weighted by Crippen LogP contribution is 2.31. The molecule has 31 heavy (non-hydrogen) atoms. The van der Waals surface area contributed by atoms with Crippen molar-refractivity contribution in [1.82, 2.24) is 19.9 Å². The van der Waals surface area contributed by atoms with E-state index in [1.807, 2.05) is 42.5 Å². The first-order valence-corrected chi connectivity index (χ1v) is 11.1. The van der Waals surface area contributed by atoms with Crippen molar-refractivity contribution in [2.45, 2.75) is 13.8 Å². The maximum absolute atomic E-state index is 13.5. The molecule has 0 unspecified atom stereocenters. The number of rotatable bonds is 7. The van der Waals surface area contributed by atoms with Crippen molar-refractivity contribution in [3.8, 4) is 0 Å². The van der Waals surface area contributed by atoms with Crippen LogP contribution in [0.1, 0.15) is 24.3 Å². The number of hydrogen-bond donors (Lipinski definition) is 0. The number of hydrogen-bond acceptors (Lipinski definition) is 6. The number of fused-ring (bicyclic) bond motifs is 2. The molecule has 0 saturated heterocycles. The number of thiazole rings is 1. The molecule has 1 amide bonds. The van der Waals surface area contributed by atoms with Gasteiger partial charge in [-0.25, -0.2) is 9.97 Å². The minimum absolute atomic E-state index is 0. The van der Waals surface area contributed by atoms with Crippen LogP contribution in [-0.4, -0.2) is 51.9 Å². The van der Waals surface area contributed by atoms with Crippen LogP contribution in [0.15, 0.2) is 48.7 Å². The first kappa shape index (κ1) is 23.3. The van der Waals surface area contributed by atoms with E-state index in [4.69, 9.17) is 16.6 Å². The number of halogens is 2. The summed E-state index contributed by atoms with van der Waals surface area (Å²) in [5, 5.41) is 1.29. The molecule has 2 heterocycles. The third-order valence-corrected chi connectivity index (χ3v) is 6.29. The van der Waals surface area contributed by atoms with Gasteiger partial charge in [0.25, 0.3) is 5.91 Å². The number of amides is 1. The minimum Gasteiger partial charge on any atom is -0.302 e. The average molecular weight is 476 g/mol. The van der Waals surface area contributed by atoms with Crippen LogP contribution in [0.3, 0.4) is 0 Å². The van der Waals surface area contributed by atoms with Gasteiger partial charge in [0.1, 0.15) is 5.69 Å². The van der Waals surface area contributed by atoms with E-state index in [1.54, 1.807) is 11.1 Å². The second kappa shape index (κ2) is 10.3. The number of nitrogens with zero attached hydrogens (tertiary/aromatic N) is 5. The molecule has 0 atom stereocenters. The number of carbonyl (C=O) groups is 1. The van der Waals surface area contributed by atoms with Crippen LogP contribution < -0.4 is 4.90 Å². The molecule has 0 radical (unpaired) electrons. The van der Waals surface area contributed by atoms with Gasteiger partial charge in [-0.15, -0.1) is 12.4 Å². The van der Waals surface area contributed by atoms with Crippen LogP contribution in [-0.2, 0) is 0 Å². The largest absolute Gasteiger partial charge is 0.302 e. The van der Waals surface area contributed by atoms with E-state index in [1.165, 1.54) is 11.3 Å². The molecule has 0 spiro atoms. The van der Waals surface area contributed by atoms with Gasteiger partial charge in [-0.3, -0.25) is 14.7 Å². The molecule has 6 nitrogen and oxygen atoms in total. The molecule has 0 fully saturated rings. The fraction of sp³-hybridized carbons (Fsp3) is 0.273. The molecular weight excluding hydrogens is 453 g/mol. The molecule has 4 rings (SSSR count). The van der Waals surface area contributed by atoms with Gasteiger partial charge in [0, 0.05) is 18.1 Å². The first-order valence-electron chi connectivity index (χ1n) is 9.91. The third-order valence-electron chi connectivity index (χ3n) is 5.02. The summed E-state index contributed by atoms with van der Waals surface area (Å²) in [6.07, 6.45) is 1.54. The standard InChI is InChI=1S/C22H22ClN5OS.ClH/c1-3-27(4-2)11-12-28(22-26-18-10-9-15(23)13-20(18)30-22)21(29)19-14-24-16-7-5-6-8-17(16)25-19;/h5-10,13-14H,3-4,11-12H2,1-2H3;1H. The lowest BCUT2D eigenvalue weighted by Crippen LogP contribution is -2.39. The summed E-state index contributed by atoms with van der Waals surface area (Å²) in [6.45, 7) is 7.33. The van der Waals surface area contributed by atoms with Crippen molar-refractivity contribution in [2.24, 2.45) is 0 Å². The fourth-order valence-corrected chi connectivity index (χ4v) is 4.53. The second-order valence-electron chi connectivity index (χ2n) is 6.84. The zero-order valence-electron chi connectivity index (χ0n) is 17.3. The highest BCUT2D eigenvalue weighted by Gasteiger charge is 2.23. The van der Waals surface area contributed by atoms with Crippen LogP contribution in [0.5, 0.6) is 0 Å². The molecular formula is C22H23Cl2N5OS. The highest BCUT2D eigenvalue weighted by molar-refractivity contribution is 7.22. The predicted molar refractivity (Wildman–Crippen MR) is 131 cm³/mol. The number of anilines is 1. The Kier molecular flexibility index (Phi) is 7.78. The zero-order chi connectivity index (χ0) is 21.1. The Morgan fingerprint density at radius 1 is 1.00 bits per heavy atom. The zero-order valence-corrected chi connectivity index (χ0v) is 19.7. The van der Waals surface area contributed by atoms with Crippen LogP contribution in [0.2, 0.25) is 5.02 Å². The topological polar surface area (TPSA) is 62.2 Å². The normalized spacial score (nSPS) is 11.1. The van der Waals surface area contributed by atoms with Gasteiger partial charge in [-0.05, 0) is 43.4 Å². The van der Waals surface area contributed by atoms with Crippen LogP contribution in [0.4, 0.5) is 5.13 Å². The van der Waals surface area contributed by atoms with Gasteiger partial charge in [0.15, 0.2) is 5.13 Å². The number of benzene rings is 2. The molecule has 2 aromatic heterocycles. The van der Waals surface area contributed by atoms with Gasteiger partial charge in [-0.1, -0.05) is 48.9 Å². The highest BCUT2D eigenvalue weighted by atomic mass is 35.5. The van der Waals surface area contributed by atoms with Crippen molar-refractivity contribution in [1.29, 1.82) is 0 Å². The summed E-state index contributed by atoms with van der Waals surface area (Å²) >= 11 is 7.59. The number of aromatic nitrogens is 3. The Morgan fingerprint density at radius 3 is 2.48 bits per heavy atom. The Labute approximate surface area is 196 Å².